The maximum absolute atomic E-state index is 13.4. The third kappa shape index (κ3) is 5.26. The van der Waals surface area contributed by atoms with E-state index in [1.165, 1.54) is 11.8 Å². The zero-order valence-electron chi connectivity index (χ0n) is 19.4. The first-order valence-corrected chi connectivity index (χ1v) is 11.6. The predicted octanol–water partition coefficient (Wildman–Crippen LogP) is 5.39. The molecule has 4 rings (SSSR count). The van der Waals surface area contributed by atoms with Gasteiger partial charge in [-0.3, -0.25) is 14.7 Å². The first-order chi connectivity index (χ1) is 16.6. The summed E-state index contributed by atoms with van der Waals surface area (Å²) in [5.74, 6) is 1.48. The van der Waals surface area contributed by atoms with Crippen LogP contribution >= 0.6 is 11.8 Å². The van der Waals surface area contributed by atoms with Crippen LogP contribution in [0.15, 0.2) is 82.7 Å². The Hall–Kier alpha value is -3.71. The van der Waals surface area contributed by atoms with E-state index in [9.17, 15) is 4.79 Å². The second-order valence-electron chi connectivity index (χ2n) is 7.53. The van der Waals surface area contributed by atoms with E-state index in [2.05, 4.69) is 0 Å². The van der Waals surface area contributed by atoms with Crippen LogP contribution in [-0.4, -0.2) is 37.3 Å². The Balaban J connectivity index is 1.68. The fourth-order valence-corrected chi connectivity index (χ4v) is 4.59. The zero-order chi connectivity index (χ0) is 23.9. The molecule has 3 aromatic rings. The van der Waals surface area contributed by atoms with Gasteiger partial charge in [0.25, 0.3) is 5.91 Å². The molecule has 0 spiro atoms. The molecular formula is C27H26N2O4S. The highest BCUT2D eigenvalue weighted by molar-refractivity contribution is 8.18. The first-order valence-electron chi connectivity index (χ1n) is 10.8. The first kappa shape index (κ1) is 23.4. The molecule has 1 saturated heterocycles. The van der Waals surface area contributed by atoms with Crippen molar-refractivity contribution in [3.05, 3.63) is 94.4 Å². The number of amides is 1. The quantitative estimate of drug-likeness (QED) is 0.410. The van der Waals surface area contributed by atoms with Crippen LogP contribution in [0, 0.1) is 0 Å². The Bertz CT molecular complexity index is 1180. The molecule has 1 aliphatic heterocycles. The summed E-state index contributed by atoms with van der Waals surface area (Å²) in [6.45, 7) is 0.950. The molecule has 34 heavy (non-hydrogen) atoms. The number of rotatable bonds is 8. The normalized spacial score (nSPS) is 15.7. The SMILES string of the molecule is COc1cc(/C=C2/SC(=NCc3ccccc3)N(Cc3ccccc3)C2=O)cc(OC)c1OC. The lowest BCUT2D eigenvalue weighted by molar-refractivity contribution is -0.122. The van der Waals surface area contributed by atoms with Gasteiger partial charge in [-0.25, -0.2) is 0 Å². The molecule has 0 atom stereocenters. The van der Waals surface area contributed by atoms with Crippen LogP contribution in [0.1, 0.15) is 16.7 Å². The second kappa shape index (κ2) is 10.9. The summed E-state index contributed by atoms with van der Waals surface area (Å²) >= 11 is 1.37. The fraction of sp³-hybridized carbons (Fsp3) is 0.185. The van der Waals surface area contributed by atoms with Gasteiger partial charge in [-0.05, 0) is 46.7 Å². The van der Waals surface area contributed by atoms with Gasteiger partial charge >= 0.3 is 0 Å². The van der Waals surface area contributed by atoms with Crippen molar-refractivity contribution in [1.29, 1.82) is 0 Å². The number of carbonyl (C=O) groups excluding carboxylic acids is 1. The number of nitrogens with zero attached hydrogens (tertiary/aromatic N) is 2. The molecule has 1 heterocycles. The molecule has 0 aromatic heterocycles. The topological polar surface area (TPSA) is 60.4 Å². The molecule has 7 heteroatoms. The van der Waals surface area contributed by atoms with Gasteiger partial charge in [0.05, 0.1) is 39.3 Å². The Labute approximate surface area is 203 Å². The zero-order valence-corrected chi connectivity index (χ0v) is 20.2. The molecule has 0 radical (unpaired) electrons. The van der Waals surface area contributed by atoms with Gasteiger partial charge in [0.1, 0.15) is 0 Å². The van der Waals surface area contributed by atoms with Gasteiger partial charge in [0.2, 0.25) is 5.75 Å². The molecular weight excluding hydrogens is 448 g/mol. The van der Waals surface area contributed by atoms with E-state index in [1.807, 2.05) is 78.9 Å². The summed E-state index contributed by atoms with van der Waals surface area (Å²) in [5.41, 5.74) is 2.90. The number of aliphatic imine (C=N–C) groups is 1. The minimum atomic E-state index is -0.0885. The Morgan fingerprint density at radius 1 is 0.853 bits per heavy atom. The standard InChI is InChI=1S/C27H26N2O4S/c1-31-22-14-21(15-23(32-2)25(22)33-3)16-24-26(30)29(18-20-12-8-5-9-13-20)27(34-24)28-17-19-10-6-4-7-11-19/h4-16H,17-18H2,1-3H3/b24-16+,28-27?. The number of ether oxygens (including phenoxy) is 3. The van der Waals surface area contributed by atoms with E-state index in [-0.39, 0.29) is 5.91 Å². The van der Waals surface area contributed by atoms with Crippen molar-refractivity contribution in [1.82, 2.24) is 4.90 Å². The van der Waals surface area contributed by atoms with Crippen molar-refractivity contribution in [2.24, 2.45) is 4.99 Å². The van der Waals surface area contributed by atoms with Crippen LogP contribution in [0.2, 0.25) is 0 Å². The highest BCUT2D eigenvalue weighted by Crippen LogP contribution is 2.40. The fourth-order valence-electron chi connectivity index (χ4n) is 3.61. The molecule has 1 fully saturated rings. The maximum atomic E-state index is 13.4. The van der Waals surface area contributed by atoms with Gasteiger partial charge in [0, 0.05) is 0 Å². The average molecular weight is 475 g/mol. The minimum Gasteiger partial charge on any atom is -0.493 e. The number of thioether (sulfide) groups is 1. The van der Waals surface area contributed by atoms with Crippen molar-refractivity contribution in [3.63, 3.8) is 0 Å². The van der Waals surface area contributed by atoms with Crippen molar-refractivity contribution in [3.8, 4) is 17.2 Å². The summed E-state index contributed by atoms with van der Waals surface area (Å²) in [6.07, 6.45) is 1.83. The summed E-state index contributed by atoms with van der Waals surface area (Å²) in [6, 6.07) is 23.6. The highest BCUT2D eigenvalue weighted by atomic mass is 32.2. The highest BCUT2D eigenvalue weighted by Gasteiger charge is 2.33. The van der Waals surface area contributed by atoms with Gasteiger partial charge < -0.3 is 14.2 Å². The van der Waals surface area contributed by atoms with Crippen molar-refractivity contribution in [2.75, 3.05) is 21.3 Å². The molecule has 3 aromatic carbocycles. The summed E-state index contributed by atoms with van der Waals surface area (Å²) in [7, 11) is 4.70. The number of methoxy groups -OCH3 is 3. The lowest BCUT2D eigenvalue weighted by Gasteiger charge is -2.15. The van der Waals surface area contributed by atoms with E-state index in [0.717, 1.165) is 16.7 Å². The Kier molecular flexibility index (Phi) is 7.54. The number of amidine groups is 1. The van der Waals surface area contributed by atoms with Gasteiger partial charge in [-0.1, -0.05) is 60.7 Å². The maximum Gasteiger partial charge on any atom is 0.267 e. The van der Waals surface area contributed by atoms with Crippen LogP contribution in [0.4, 0.5) is 0 Å². The molecule has 0 N–H and O–H groups in total. The summed E-state index contributed by atoms with van der Waals surface area (Å²) in [5, 5.41) is 0.677. The second-order valence-corrected chi connectivity index (χ2v) is 8.54. The van der Waals surface area contributed by atoms with Gasteiger partial charge in [-0.15, -0.1) is 0 Å². The van der Waals surface area contributed by atoms with Crippen LogP contribution in [0.3, 0.4) is 0 Å². The monoisotopic (exact) mass is 474 g/mol. The van der Waals surface area contributed by atoms with E-state index in [4.69, 9.17) is 19.2 Å². The van der Waals surface area contributed by atoms with Crippen LogP contribution in [-0.2, 0) is 17.9 Å². The van der Waals surface area contributed by atoms with Crippen LogP contribution in [0.5, 0.6) is 17.2 Å². The largest absolute Gasteiger partial charge is 0.493 e. The summed E-state index contributed by atoms with van der Waals surface area (Å²) in [4.78, 5) is 20.5. The summed E-state index contributed by atoms with van der Waals surface area (Å²) < 4.78 is 16.3. The number of hydrogen-bond donors (Lipinski definition) is 0. The van der Waals surface area contributed by atoms with E-state index >= 15 is 0 Å². The molecule has 0 unspecified atom stereocenters. The van der Waals surface area contributed by atoms with Gasteiger partial charge in [0.15, 0.2) is 16.7 Å². The molecule has 0 aliphatic carbocycles. The third-order valence-corrected chi connectivity index (χ3v) is 6.34. The minimum absolute atomic E-state index is 0.0885. The van der Waals surface area contributed by atoms with Crippen LogP contribution in [0.25, 0.3) is 6.08 Å². The third-order valence-electron chi connectivity index (χ3n) is 5.30. The van der Waals surface area contributed by atoms with Gasteiger partial charge in [-0.2, -0.15) is 0 Å². The van der Waals surface area contributed by atoms with Crippen molar-refractivity contribution >= 4 is 28.9 Å². The predicted molar refractivity (Wildman–Crippen MR) is 136 cm³/mol. The Morgan fingerprint density at radius 2 is 1.44 bits per heavy atom. The number of benzene rings is 3. The average Bonchev–Trinajstić information content (AvgIpc) is 3.17. The lowest BCUT2D eigenvalue weighted by atomic mass is 10.1. The molecule has 6 nitrogen and oxygen atoms in total. The number of hydrogen-bond acceptors (Lipinski definition) is 6. The smallest absolute Gasteiger partial charge is 0.267 e. The van der Waals surface area contributed by atoms with Crippen molar-refractivity contribution < 1.29 is 19.0 Å². The molecule has 0 bridgehead atoms. The van der Waals surface area contributed by atoms with E-state index < -0.39 is 0 Å². The molecule has 1 aliphatic rings. The molecule has 174 valence electrons. The Morgan fingerprint density at radius 3 is 2.00 bits per heavy atom. The lowest BCUT2D eigenvalue weighted by Crippen LogP contribution is -2.28. The van der Waals surface area contributed by atoms with Crippen LogP contribution < -0.4 is 14.2 Å². The number of carbonyl (C=O) groups is 1. The van der Waals surface area contributed by atoms with E-state index in [0.29, 0.717) is 40.4 Å². The van der Waals surface area contributed by atoms with E-state index in [1.54, 1.807) is 26.2 Å². The molecule has 1 amide bonds. The molecule has 0 saturated carbocycles. The van der Waals surface area contributed by atoms with Crippen molar-refractivity contribution in [2.45, 2.75) is 13.1 Å².